The van der Waals surface area contributed by atoms with Crippen molar-refractivity contribution in [1.29, 1.82) is 0 Å². The molecule has 4 aromatic rings. The first kappa shape index (κ1) is 21.8. The summed E-state index contributed by atoms with van der Waals surface area (Å²) in [6, 6.07) is 5.57. The second-order valence-corrected chi connectivity index (χ2v) is 9.95. The molecule has 172 valence electrons. The average molecular weight is 494 g/mol. The van der Waals surface area contributed by atoms with Crippen molar-refractivity contribution in [2.24, 2.45) is 5.92 Å². The van der Waals surface area contributed by atoms with Crippen LogP contribution in [0.1, 0.15) is 23.3 Å². The fourth-order valence-corrected chi connectivity index (χ4v) is 6.10. The van der Waals surface area contributed by atoms with Crippen LogP contribution in [-0.4, -0.2) is 33.6 Å². The maximum atomic E-state index is 12.4. The van der Waals surface area contributed by atoms with E-state index in [1.165, 1.54) is 17.7 Å². The largest absolute Gasteiger partial charge is 0.390 e. The molecule has 0 fully saturated rings. The molecular formula is C21H18F3N5O2S2. The van der Waals surface area contributed by atoms with Crippen LogP contribution in [0.2, 0.25) is 0 Å². The number of benzene rings is 1. The number of H-pyrrole nitrogens is 1. The van der Waals surface area contributed by atoms with Gasteiger partial charge in [0.05, 0.1) is 22.0 Å². The van der Waals surface area contributed by atoms with E-state index in [-0.39, 0.29) is 16.7 Å². The highest BCUT2D eigenvalue weighted by Crippen LogP contribution is 2.40. The van der Waals surface area contributed by atoms with E-state index < -0.39 is 19.1 Å². The zero-order chi connectivity index (χ0) is 23.2. The number of nitrogens with zero attached hydrogens (tertiary/aromatic N) is 2. The molecule has 1 atom stereocenters. The number of anilines is 2. The lowest BCUT2D eigenvalue weighted by Crippen LogP contribution is -2.35. The molecule has 1 aliphatic rings. The van der Waals surface area contributed by atoms with Gasteiger partial charge >= 0.3 is 11.0 Å². The smallest absolute Gasteiger partial charge is 0.356 e. The molecule has 7 nitrogen and oxygen atoms in total. The van der Waals surface area contributed by atoms with Crippen LogP contribution in [0.4, 0.5) is 24.7 Å². The lowest BCUT2D eigenvalue weighted by Gasteiger charge is -2.22. The summed E-state index contributed by atoms with van der Waals surface area (Å²) in [5, 5.41) is 6.64. The van der Waals surface area contributed by atoms with E-state index in [0.717, 1.165) is 47.9 Å². The average Bonchev–Trinajstić information content (AvgIpc) is 3.31. The third-order valence-electron chi connectivity index (χ3n) is 5.61. The molecule has 1 aliphatic carbocycles. The Morgan fingerprint density at radius 1 is 1.24 bits per heavy atom. The van der Waals surface area contributed by atoms with Crippen LogP contribution in [0.5, 0.6) is 0 Å². The first-order valence-electron chi connectivity index (χ1n) is 10.3. The fraction of sp³-hybridized carbons (Fsp3) is 0.333. The summed E-state index contributed by atoms with van der Waals surface area (Å²) in [7, 11) is 0. The number of nitrogens with one attached hydrogen (secondary N) is 3. The lowest BCUT2D eigenvalue weighted by atomic mass is 9.87. The summed E-state index contributed by atoms with van der Waals surface area (Å²) in [6.07, 6.45) is -2.21. The maximum absolute atomic E-state index is 12.4. The molecule has 0 unspecified atom stereocenters. The molecule has 0 saturated carbocycles. The SMILES string of the molecule is O=C(NCCC(F)(F)F)[C@@H]1CCc2c(sc3ncnc(Nc4ccc5[nH]c(=O)sc5c4)c23)C1. The highest BCUT2D eigenvalue weighted by Gasteiger charge is 2.31. The van der Waals surface area contributed by atoms with E-state index in [4.69, 9.17) is 0 Å². The number of fused-ring (bicyclic) bond motifs is 4. The van der Waals surface area contributed by atoms with Gasteiger partial charge in [-0.15, -0.1) is 11.3 Å². The minimum Gasteiger partial charge on any atom is -0.356 e. The Hall–Kier alpha value is -2.99. The Balaban J connectivity index is 1.37. The first-order valence-corrected chi connectivity index (χ1v) is 11.9. The zero-order valence-electron chi connectivity index (χ0n) is 17.1. The third kappa shape index (κ3) is 4.58. The number of carbonyl (C=O) groups excluding carboxylic acids is 1. The summed E-state index contributed by atoms with van der Waals surface area (Å²) in [5.74, 6) is -0.0552. The minimum absolute atomic E-state index is 0.115. The van der Waals surface area contributed by atoms with Gasteiger partial charge in [-0.25, -0.2) is 9.97 Å². The topological polar surface area (TPSA) is 99.8 Å². The van der Waals surface area contributed by atoms with Crippen molar-refractivity contribution in [1.82, 2.24) is 20.3 Å². The highest BCUT2D eigenvalue weighted by molar-refractivity contribution is 7.19. The van der Waals surface area contributed by atoms with Crippen LogP contribution in [0.3, 0.4) is 0 Å². The second kappa shape index (κ2) is 8.41. The normalized spacial score (nSPS) is 16.2. The van der Waals surface area contributed by atoms with Gasteiger partial charge in [0.25, 0.3) is 0 Å². The van der Waals surface area contributed by atoms with Crippen LogP contribution >= 0.6 is 22.7 Å². The first-order chi connectivity index (χ1) is 15.8. The molecule has 33 heavy (non-hydrogen) atoms. The molecule has 5 rings (SSSR count). The van der Waals surface area contributed by atoms with Gasteiger partial charge in [0.2, 0.25) is 5.91 Å². The molecule has 0 radical (unpaired) electrons. The third-order valence-corrected chi connectivity index (χ3v) is 7.62. The number of aryl methyl sites for hydroxylation is 1. The summed E-state index contributed by atoms with van der Waals surface area (Å²) in [6.45, 7) is -0.405. The number of thiophene rings is 1. The van der Waals surface area contributed by atoms with Crippen molar-refractivity contribution in [2.45, 2.75) is 31.9 Å². The van der Waals surface area contributed by atoms with Gasteiger partial charge < -0.3 is 15.6 Å². The van der Waals surface area contributed by atoms with E-state index in [1.807, 2.05) is 18.2 Å². The summed E-state index contributed by atoms with van der Waals surface area (Å²) in [5.41, 5.74) is 2.64. The van der Waals surface area contributed by atoms with Crippen LogP contribution in [0.15, 0.2) is 29.3 Å². The van der Waals surface area contributed by atoms with Gasteiger partial charge in [-0.05, 0) is 43.0 Å². The number of aromatic amines is 1. The van der Waals surface area contributed by atoms with Gasteiger partial charge in [-0.2, -0.15) is 13.2 Å². The van der Waals surface area contributed by atoms with Gasteiger partial charge in [-0.3, -0.25) is 9.59 Å². The number of alkyl halides is 3. The number of halogens is 3. The van der Waals surface area contributed by atoms with E-state index in [9.17, 15) is 22.8 Å². The van der Waals surface area contributed by atoms with E-state index in [2.05, 4.69) is 25.6 Å². The molecule has 0 saturated heterocycles. The number of amides is 1. The molecule has 0 spiro atoms. The van der Waals surface area contributed by atoms with Crippen molar-refractivity contribution in [3.8, 4) is 0 Å². The Bertz CT molecular complexity index is 1410. The lowest BCUT2D eigenvalue weighted by molar-refractivity contribution is -0.136. The van der Waals surface area contributed by atoms with Gasteiger partial charge in [0, 0.05) is 23.0 Å². The molecule has 0 aliphatic heterocycles. The molecular weight excluding hydrogens is 475 g/mol. The molecule has 3 aromatic heterocycles. The van der Waals surface area contributed by atoms with E-state index in [0.29, 0.717) is 25.1 Å². The van der Waals surface area contributed by atoms with E-state index in [1.54, 1.807) is 0 Å². The number of hydrogen-bond donors (Lipinski definition) is 3. The predicted molar refractivity (Wildman–Crippen MR) is 122 cm³/mol. The van der Waals surface area contributed by atoms with E-state index >= 15 is 0 Å². The Morgan fingerprint density at radius 2 is 2.09 bits per heavy atom. The van der Waals surface area contributed by atoms with Crippen molar-refractivity contribution in [3.63, 3.8) is 0 Å². The molecule has 12 heteroatoms. The molecule has 0 bridgehead atoms. The fourth-order valence-electron chi connectivity index (χ4n) is 4.06. The van der Waals surface area contributed by atoms with Crippen LogP contribution in [-0.2, 0) is 17.6 Å². The van der Waals surface area contributed by atoms with Crippen LogP contribution < -0.4 is 15.5 Å². The number of carbonyl (C=O) groups is 1. The standard InChI is InChI=1S/C21H18F3N5O2S2/c22-21(23,24)5-6-25-18(30)10-1-3-12-14(7-10)32-19-16(12)17(26-9-27-19)28-11-2-4-13-15(8-11)33-20(31)29-13/h2,4,8-10H,1,3,5-7H2,(H,25,30)(H,29,31)(H,26,27,28)/t10-/m1/s1. The van der Waals surface area contributed by atoms with Crippen LogP contribution in [0.25, 0.3) is 20.4 Å². The van der Waals surface area contributed by atoms with Gasteiger partial charge in [-0.1, -0.05) is 11.3 Å². The molecule has 3 heterocycles. The van der Waals surface area contributed by atoms with Crippen LogP contribution in [0, 0.1) is 5.92 Å². The monoisotopic (exact) mass is 493 g/mol. The Labute approximate surface area is 193 Å². The molecule has 1 amide bonds. The van der Waals surface area contributed by atoms with Crippen molar-refractivity contribution < 1.29 is 18.0 Å². The number of hydrogen-bond acceptors (Lipinski definition) is 7. The highest BCUT2D eigenvalue weighted by atomic mass is 32.1. The number of aromatic nitrogens is 3. The van der Waals surface area contributed by atoms with Crippen molar-refractivity contribution >= 4 is 60.5 Å². The second-order valence-electron chi connectivity index (χ2n) is 7.85. The van der Waals surface area contributed by atoms with Gasteiger partial charge in [0.15, 0.2) is 0 Å². The quantitative estimate of drug-likeness (QED) is 0.380. The Kier molecular flexibility index (Phi) is 5.57. The summed E-state index contributed by atoms with van der Waals surface area (Å²) >= 11 is 2.62. The number of rotatable bonds is 5. The maximum Gasteiger partial charge on any atom is 0.390 e. The minimum atomic E-state index is -4.29. The Morgan fingerprint density at radius 3 is 2.91 bits per heavy atom. The summed E-state index contributed by atoms with van der Waals surface area (Å²) < 4.78 is 37.9. The number of thiazole rings is 1. The zero-order valence-corrected chi connectivity index (χ0v) is 18.7. The predicted octanol–water partition coefficient (Wildman–Crippen LogP) is 4.51. The summed E-state index contributed by atoms with van der Waals surface area (Å²) in [4.78, 5) is 37.2. The van der Waals surface area contributed by atoms with Gasteiger partial charge in [0.1, 0.15) is 17.0 Å². The molecule has 1 aromatic carbocycles. The van der Waals surface area contributed by atoms with Crippen molar-refractivity contribution in [3.05, 3.63) is 44.6 Å². The van der Waals surface area contributed by atoms with Crippen molar-refractivity contribution in [2.75, 3.05) is 11.9 Å². The molecule has 3 N–H and O–H groups in total.